The lowest BCUT2D eigenvalue weighted by atomic mass is 10.1. The molecule has 1 aliphatic rings. The number of hydrogen-bond donors (Lipinski definition) is 0. The molecule has 0 aliphatic carbocycles. The van der Waals surface area contributed by atoms with Crippen LogP contribution in [0.3, 0.4) is 0 Å². The molecule has 1 heterocycles. The maximum atomic E-state index is 14.1. The number of rotatable bonds is 5. The minimum Gasteiger partial charge on any atom is -0.497 e. The highest BCUT2D eigenvalue weighted by molar-refractivity contribution is 6.06. The quantitative estimate of drug-likeness (QED) is 0.823. The molecule has 0 spiro atoms. The van der Waals surface area contributed by atoms with Crippen LogP contribution >= 0.6 is 0 Å². The van der Waals surface area contributed by atoms with Gasteiger partial charge in [-0.2, -0.15) is 0 Å². The van der Waals surface area contributed by atoms with Crippen LogP contribution in [0, 0.1) is 11.6 Å². The van der Waals surface area contributed by atoms with E-state index in [9.17, 15) is 18.4 Å². The van der Waals surface area contributed by atoms with E-state index in [0.29, 0.717) is 30.8 Å². The van der Waals surface area contributed by atoms with Crippen LogP contribution in [0.5, 0.6) is 5.75 Å². The van der Waals surface area contributed by atoms with Crippen LogP contribution in [0.25, 0.3) is 0 Å². The average Bonchev–Trinajstić information content (AvgIpc) is 3.04. The van der Waals surface area contributed by atoms with Crippen molar-refractivity contribution in [3.63, 3.8) is 0 Å². The van der Waals surface area contributed by atoms with Gasteiger partial charge in [0, 0.05) is 18.7 Å². The summed E-state index contributed by atoms with van der Waals surface area (Å²) in [5.41, 5.74) is -0.229. The molecule has 3 rings (SSSR count). The van der Waals surface area contributed by atoms with Crippen LogP contribution in [0.1, 0.15) is 23.2 Å². The van der Waals surface area contributed by atoms with Crippen LogP contribution in [-0.4, -0.2) is 37.0 Å². The summed E-state index contributed by atoms with van der Waals surface area (Å²) in [5.74, 6) is -2.24. The molecular weight excluding hydrogens is 342 g/mol. The Balaban J connectivity index is 1.98. The Kier molecular flexibility index (Phi) is 5.16. The lowest BCUT2D eigenvalue weighted by Crippen LogP contribution is -2.43. The fourth-order valence-corrected chi connectivity index (χ4v) is 2.89. The number of amides is 2. The third-order valence-electron chi connectivity index (χ3n) is 4.29. The minimum absolute atomic E-state index is 0.0717. The summed E-state index contributed by atoms with van der Waals surface area (Å²) in [7, 11) is 1.51. The van der Waals surface area contributed by atoms with Gasteiger partial charge in [-0.3, -0.25) is 14.5 Å². The van der Waals surface area contributed by atoms with Crippen molar-refractivity contribution in [3.05, 3.63) is 59.7 Å². The number of carbonyl (C=O) groups excluding carboxylic acids is 2. The Morgan fingerprint density at radius 2 is 1.81 bits per heavy atom. The minimum atomic E-state index is -0.943. The normalized spacial score (nSPS) is 13.8. The number of likely N-dealkylation sites (tertiary alicyclic amines) is 1. The Morgan fingerprint density at radius 1 is 1.15 bits per heavy atom. The molecule has 2 aromatic carbocycles. The highest BCUT2D eigenvalue weighted by Gasteiger charge is 2.29. The zero-order valence-electron chi connectivity index (χ0n) is 14.2. The SMILES string of the molecule is COc1ccc(N(CN2CCCC2=O)C(=O)c2c(F)cccc2F)cc1. The summed E-state index contributed by atoms with van der Waals surface area (Å²) in [5, 5.41) is 0. The lowest BCUT2D eigenvalue weighted by Gasteiger charge is -2.28. The predicted octanol–water partition coefficient (Wildman–Crippen LogP) is 3.20. The number of halogens is 2. The Hall–Kier alpha value is -2.96. The van der Waals surface area contributed by atoms with Gasteiger partial charge < -0.3 is 9.64 Å². The van der Waals surface area contributed by atoms with Crippen molar-refractivity contribution in [2.24, 2.45) is 0 Å². The molecule has 1 aliphatic heterocycles. The van der Waals surface area contributed by atoms with Crippen LogP contribution in [0.4, 0.5) is 14.5 Å². The molecule has 2 amide bonds. The first-order valence-electron chi connectivity index (χ1n) is 8.19. The number of methoxy groups -OCH3 is 1. The van der Waals surface area contributed by atoms with Crippen molar-refractivity contribution in [1.82, 2.24) is 4.90 Å². The molecule has 0 saturated carbocycles. The molecule has 1 fully saturated rings. The van der Waals surface area contributed by atoms with E-state index >= 15 is 0 Å². The maximum absolute atomic E-state index is 14.1. The summed E-state index contributed by atoms with van der Waals surface area (Å²) >= 11 is 0. The second-order valence-electron chi connectivity index (χ2n) is 5.93. The van der Waals surface area contributed by atoms with Crippen molar-refractivity contribution in [2.45, 2.75) is 12.8 Å². The first kappa shape index (κ1) is 17.8. The fraction of sp³-hybridized carbons (Fsp3) is 0.263. The second-order valence-corrected chi connectivity index (χ2v) is 5.93. The molecule has 136 valence electrons. The molecule has 0 radical (unpaired) electrons. The molecule has 0 N–H and O–H groups in total. The Morgan fingerprint density at radius 3 is 2.35 bits per heavy atom. The van der Waals surface area contributed by atoms with Gasteiger partial charge in [0.1, 0.15) is 29.6 Å². The molecular formula is C19H18F2N2O3. The van der Waals surface area contributed by atoms with Crippen LogP contribution in [-0.2, 0) is 4.79 Å². The van der Waals surface area contributed by atoms with Gasteiger partial charge in [0.2, 0.25) is 5.91 Å². The van der Waals surface area contributed by atoms with Gasteiger partial charge in [-0.1, -0.05) is 6.07 Å². The van der Waals surface area contributed by atoms with Crippen molar-refractivity contribution in [2.75, 3.05) is 25.2 Å². The van der Waals surface area contributed by atoms with Gasteiger partial charge in [0.15, 0.2) is 0 Å². The van der Waals surface area contributed by atoms with Gasteiger partial charge in [0.05, 0.1) is 7.11 Å². The number of nitrogens with zero attached hydrogens (tertiary/aromatic N) is 2. The van der Waals surface area contributed by atoms with E-state index in [-0.39, 0.29) is 12.6 Å². The third kappa shape index (κ3) is 3.51. The van der Waals surface area contributed by atoms with E-state index in [0.717, 1.165) is 12.1 Å². The summed E-state index contributed by atoms with van der Waals surface area (Å²) in [4.78, 5) is 27.6. The van der Waals surface area contributed by atoms with Gasteiger partial charge in [-0.15, -0.1) is 0 Å². The number of ether oxygens (including phenoxy) is 1. The average molecular weight is 360 g/mol. The van der Waals surface area contributed by atoms with E-state index in [1.165, 1.54) is 23.0 Å². The van der Waals surface area contributed by atoms with E-state index in [4.69, 9.17) is 4.74 Å². The fourth-order valence-electron chi connectivity index (χ4n) is 2.89. The van der Waals surface area contributed by atoms with Gasteiger partial charge in [0.25, 0.3) is 5.91 Å². The molecule has 5 nitrogen and oxygen atoms in total. The summed E-state index contributed by atoms with van der Waals surface area (Å²) in [6.07, 6.45) is 1.09. The summed E-state index contributed by atoms with van der Waals surface area (Å²) < 4.78 is 33.3. The van der Waals surface area contributed by atoms with Crippen molar-refractivity contribution in [3.8, 4) is 5.75 Å². The third-order valence-corrected chi connectivity index (χ3v) is 4.29. The Labute approximate surface area is 149 Å². The molecule has 0 atom stereocenters. The summed E-state index contributed by atoms with van der Waals surface area (Å²) in [6, 6.07) is 9.75. The van der Waals surface area contributed by atoms with E-state index < -0.39 is 23.1 Å². The van der Waals surface area contributed by atoms with Crippen LogP contribution in [0.15, 0.2) is 42.5 Å². The smallest absolute Gasteiger partial charge is 0.265 e. The van der Waals surface area contributed by atoms with Gasteiger partial charge in [-0.05, 0) is 42.8 Å². The molecule has 26 heavy (non-hydrogen) atoms. The van der Waals surface area contributed by atoms with E-state index in [1.807, 2.05) is 0 Å². The Bertz CT molecular complexity index is 804. The van der Waals surface area contributed by atoms with Crippen LogP contribution in [0.2, 0.25) is 0 Å². The van der Waals surface area contributed by atoms with E-state index in [2.05, 4.69) is 0 Å². The number of anilines is 1. The van der Waals surface area contributed by atoms with Crippen molar-refractivity contribution in [1.29, 1.82) is 0 Å². The molecule has 0 unspecified atom stereocenters. The van der Waals surface area contributed by atoms with Crippen molar-refractivity contribution >= 4 is 17.5 Å². The monoisotopic (exact) mass is 360 g/mol. The van der Waals surface area contributed by atoms with Crippen molar-refractivity contribution < 1.29 is 23.1 Å². The number of hydrogen-bond acceptors (Lipinski definition) is 3. The first-order chi connectivity index (χ1) is 12.5. The zero-order valence-corrected chi connectivity index (χ0v) is 14.2. The molecule has 7 heteroatoms. The standard InChI is InChI=1S/C19H18F2N2O3/c1-26-14-9-7-13(8-10-14)23(12-22-11-3-6-17(22)24)19(25)18-15(20)4-2-5-16(18)21/h2,4-5,7-10H,3,6,11-12H2,1H3. The van der Waals surface area contributed by atoms with E-state index in [1.54, 1.807) is 24.3 Å². The number of carbonyl (C=O) groups is 2. The predicted molar refractivity (Wildman–Crippen MR) is 92.0 cm³/mol. The van der Waals surface area contributed by atoms with Gasteiger partial charge in [-0.25, -0.2) is 8.78 Å². The summed E-state index contributed by atoms with van der Waals surface area (Å²) in [6.45, 7) is 0.427. The molecule has 0 aromatic heterocycles. The lowest BCUT2D eigenvalue weighted by molar-refractivity contribution is -0.127. The molecule has 0 bridgehead atoms. The zero-order chi connectivity index (χ0) is 18.7. The largest absolute Gasteiger partial charge is 0.497 e. The second kappa shape index (κ2) is 7.51. The highest BCUT2D eigenvalue weighted by atomic mass is 19.1. The first-order valence-corrected chi connectivity index (χ1v) is 8.19. The highest BCUT2D eigenvalue weighted by Crippen LogP contribution is 2.24. The maximum Gasteiger partial charge on any atom is 0.265 e. The molecule has 1 saturated heterocycles. The molecule has 2 aromatic rings. The van der Waals surface area contributed by atoms with Crippen LogP contribution < -0.4 is 9.64 Å². The topological polar surface area (TPSA) is 49.9 Å². The number of benzene rings is 2. The van der Waals surface area contributed by atoms with Gasteiger partial charge >= 0.3 is 0 Å².